The second-order valence-corrected chi connectivity index (χ2v) is 5.57. The highest BCUT2D eigenvalue weighted by atomic mass is 16.7. The van der Waals surface area contributed by atoms with E-state index in [2.05, 4.69) is 0 Å². The summed E-state index contributed by atoms with van der Waals surface area (Å²) in [6.07, 6.45) is 0.885. The van der Waals surface area contributed by atoms with Gasteiger partial charge in [0.05, 0.1) is 0 Å². The van der Waals surface area contributed by atoms with Crippen LogP contribution in [0.1, 0.15) is 17.5 Å². The molecule has 5 nitrogen and oxygen atoms in total. The van der Waals surface area contributed by atoms with E-state index in [-0.39, 0.29) is 18.4 Å². The van der Waals surface area contributed by atoms with Crippen molar-refractivity contribution in [1.29, 1.82) is 0 Å². The van der Waals surface area contributed by atoms with E-state index in [1.165, 1.54) is 0 Å². The molecule has 3 rings (SSSR count). The Bertz CT molecular complexity index is 714. The third kappa shape index (κ3) is 3.56. The summed E-state index contributed by atoms with van der Waals surface area (Å²) >= 11 is 0. The number of carbonyl (C=O) groups is 1. The monoisotopic (exact) mass is 313 g/mol. The number of hydrogen-bond donors (Lipinski definition) is 1. The first-order valence-electron chi connectivity index (χ1n) is 7.53. The van der Waals surface area contributed by atoms with Gasteiger partial charge >= 0.3 is 0 Å². The fraction of sp³-hybridized carbons (Fsp3) is 0.278. The smallest absolute Gasteiger partial charge is 0.231 e. The molecular weight excluding hydrogens is 294 g/mol. The molecule has 1 heterocycles. The number of phenols is 1. The van der Waals surface area contributed by atoms with Gasteiger partial charge in [-0.05, 0) is 35.7 Å². The van der Waals surface area contributed by atoms with Gasteiger partial charge in [-0.25, -0.2) is 0 Å². The molecule has 0 aromatic heterocycles. The molecule has 0 unspecified atom stereocenters. The Labute approximate surface area is 135 Å². The average Bonchev–Trinajstić information content (AvgIpc) is 3.01. The maximum Gasteiger partial charge on any atom is 0.231 e. The summed E-state index contributed by atoms with van der Waals surface area (Å²) in [5.74, 6) is 1.73. The van der Waals surface area contributed by atoms with Crippen LogP contribution in [0.4, 0.5) is 0 Å². The summed E-state index contributed by atoms with van der Waals surface area (Å²) < 4.78 is 10.6. The normalized spacial score (nSPS) is 12.2. The van der Waals surface area contributed by atoms with E-state index in [1.807, 2.05) is 30.3 Å². The van der Waals surface area contributed by atoms with Gasteiger partial charge in [-0.1, -0.05) is 24.3 Å². The lowest BCUT2D eigenvalue weighted by Crippen LogP contribution is -2.26. The van der Waals surface area contributed by atoms with Crippen molar-refractivity contribution in [2.45, 2.75) is 19.4 Å². The molecule has 0 fully saturated rings. The van der Waals surface area contributed by atoms with Gasteiger partial charge in [0.25, 0.3) is 0 Å². The van der Waals surface area contributed by atoms with E-state index < -0.39 is 0 Å². The van der Waals surface area contributed by atoms with Crippen molar-refractivity contribution >= 4 is 5.91 Å². The first-order valence-corrected chi connectivity index (χ1v) is 7.53. The molecule has 0 radical (unpaired) electrons. The molecule has 1 aliphatic rings. The van der Waals surface area contributed by atoms with Crippen molar-refractivity contribution in [2.24, 2.45) is 0 Å². The Hall–Kier alpha value is -2.69. The lowest BCUT2D eigenvalue weighted by atomic mass is 10.1. The van der Waals surface area contributed by atoms with Gasteiger partial charge < -0.3 is 19.5 Å². The van der Waals surface area contributed by atoms with E-state index in [1.54, 1.807) is 24.1 Å². The molecule has 120 valence electrons. The molecule has 0 saturated heterocycles. The van der Waals surface area contributed by atoms with Gasteiger partial charge in [0.2, 0.25) is 12.7 Å². The number of fused-ring (bicyclic) bond motifs is 1. The minimum Gasteiger partial charge on any atom is -0.508 e. The third-order valence-electron chi connectivity index (χ3n) is 3.88. The maximum absolute atomic E-state index is 12.3. The summed E-state index contributed by atoms with van der Waals surface area (Å²) in [5.41, 5.74) is 1.78. The summed E-state index contributed by atoms with van der Waals surface area (Å²) in [4.78, 5) is 13.9. The maximum atomic E-state index is 12.3. The molecular formula is C18H19NO4. The number of phenolic OH excluding ortho intramolecular Hbond substituents is 1. The molecule has 1 N–H and O–H groups in total. The minimum absolute atomic E-state index is 0.0333. The number of amides is 1. The zero-order valence-electron chi connectivity index (χ0n) is 13.0. The van der Waals surface area contributed by atoms with Gasteiger partial charge in [-0.3, -0.25) is 4.79 Å². The number of rotatable bonds is 5. The van der Waals surface area contributed by atoms with E-state index in [0.29, 0.717) is 19.4 Å². The number of para-hydroxylation sites is 1. The van der Waals surface area contributed by atoms with E-state index in [0.717, 1.165) is 22.6 Å². The average molecular weight is 313 g/mol. The predicted octanol–water partition coefficient (Wildman–Crippen LogP) is 2.71. The number of hydrogen-bond acceptors (Lipinski definition) is 4. The van der Waals surface area contributed by atoms with Crippen molar-refractivity contribution in [1.82, 2.24) is 4.90 Å². The molecule has 1 amide bonds. The van der Waals surface area contributed by atoms with Crippen molar-refractivity contribution in [3.8, 4) is 17.2 Å². The fourth-order valence-corrected chi connectivity index (χ4v) is 2.56. The Morgan fingerprint density at radius 3 is 2.78 bits per heavy atom. The van der Waals surface area contributed by atoms with Crippen LogP contribution in [-0.2, 0) is 17.8 Å². The van der Waals surface area contributed by atoms with Crippen molar-refractivity contribution < 1.29 is 19.4 Å². The SMILES string of the molecule is CN(Cc1ccc2c(c1)OCO2)C(=O)CCc1ccccc1O. The fourth-order valence-electron chi connectivity index (χ4n) is 2.56. The van der Waals surface area contributed by atoms with Gasteiger partial charge in [0.15, 0.2) is 11.5 Å². The molecule has 2 aromatic carbocycles. The molecule has 0 bridgehead atoms. The summed E-state index contributed by atoms with van der Waals surface area (Å²) in [6, 6.07) is 12.8. The van der Waals surface area contributed by atoms with Crippen LogP contribution >= 0.6 is 0 Å². The van der Waals surface area contributed by atoms with Crippen LogP contribution in [-0.4, -0.2) is 29.8 Å². The highest BCUT2D eigenvalue weighted by Crippen LogP contribution is 2.32. The largest absolute Gasteiger partial charge is 0.508 e. The summed E-state index contributed by atoms with van der Waals surface area (Å²) in [7, 11) is 1.78. The number of benzene rings is 2. The van der Waals surface area contributed by atoms with Crippen molar-refractivity contribution in [3.63, 3.8) is 0 Å². The van der Waals surface area contributed by atoms with E-state index in [4.69, 9.17) is 9.47 Å². The molecule has 23 heavy (non-hydrogen) atoms. The first-order chi connectivity index (χ1) is 11.1. The molecule has 2 aromatic rings. The van der Waals surface area contributed by atoms with Crippen molar-refractivity contribution in [3.05, 3.63) is 53.6 Å². The zero-order valence-corrected chi connectivity index (χ0v) is 13.0. The van der Waals surface area contributed by atoms with Crippen LogP contribution in [0.15, 0.2) is 42.5 Å². The van der Waals surface area contributed by atoms with E-state index in [9.17, 15) is 9.90 Å². The molecule has 0 atom stereocenters. The van der Waals surface area contributed by atoms with Crippen LogP contribution < -0.4 is 9.47 Å². The molecule has 1 aliphatic heterocycles. The summed E-state index contributed by atoms with van der Waals surface area (Å²) in [5, 5.41) is 9.74. The third-order valence-corrected chi connectivity index (χ3v) is 3.88. The first kappa shape index (κ1) is 15.2. The molecule has 0 spiro atoms. The van der Waals surface area contributed by atoms with Crippen LogP contribution in [0.5, 0.6) is 17.2 Å². The lowest BCUT2D eigenvalue weighted by molar-refractivity contribution is -0.130. The Kier molecular flexibility index (Phi) is 4.37. The minimum atomic E-state index is 0.0333. The Balaban J connectivity index is 1.56. The van der Waals surface area contributed by atoms with Gasteiger partial charge in [0.1, 0.15) is 5.75 Å². The molecule has 5 heteroatoms. The van der Waals surface area contributed by atoms with E-state index >= 15 is 0 Å². The topological polar surface area (TPSA) is 59.0 Å². The van der Waals surface area contributed by atoms with Crippen LogP contribution in [0, 0.1) is 0 Å². The highest BCUT2D eigenvalue weighted by molar-refractivity contribution is 5.76. The quantitative estimate of drug-likeness (QED) is 0.922. The standard InChI is InChI=1S/C18H19NO4/c1-19(11-13-6-8-16-17(10-13)23-12-22-16)18(21)9-7-14-4-2-3-5-15(14)20/h2-6,8,10,20H,7,9,11-12H2,1H3. The Morgan fingerprint density at radius 2 is 1.96 bits per heavy atom. The number of carbonyl (C=O) groups excluding carboxylic acids is 1. The van der Waals surface area contributed by atoms with Crippen LogP contribution in [0.3, 0.4) is 0 Å². The van der Waals surface area contributed by atoms with Crippen molar-refractivity contribution in [2.75, 3.05) is 13.8 Å². The molecule has 0 saturated carbocycles. The number of aromatic hydroxyl groups is 1. The summed E-state index contributed by atoms with van der Waals surface area (Å²) in [6.45, 7) is 0.754. The second-order valence-electron chi connectivity index (χ2n) is 5.57. The highest BCUT2D eigenvalue weighted by Gasteiger charge is 2.15. The van der Waals surface area contributed by atoms with Crippen LogP contribution in [0.2, 0.25) is 0 Å². The number of ether oxygens (including phenoxy) is 2. The van der Waals surface area contributed by atoms with Crippen LogP contribution in [0.25, 0.3) is 0 Å². The van der Waals surface area contributed by atoms with Gasteiger partial charge in [-0.15, -0.1) is 0 Å². The number of aryl methyl sites for hydroxylation is 1. The van der Waals surface area contributed by atoms with Gasteiger partial charge in [0, 0.05) is 20.0 Å². The van der Waals surface area contributed by atoms with Gasteiger partial charge in [-0.2, -0.15) is 0 Å². The predicted molar refractivity (Wildman–Crippen MR) is 85.5 cm³/mol. The number of nitrogens with zero attached hydrogens (tertiary/aromatic N) is 1. The second kappa shape index (κ2) is 6.60. The lowest BCUT2D eigenvalue weighted by Gasteiger charge is -2.17. The zero-order chi connectivity index (χ0) is 16.2. The molecule has 0 aliphatic carbocycles. The Morgan fingerprint density at radius 1 is 1.17 bits per heavy atom.